The Balaban J connectivity index is 1.36. The van der Waals surface area contributed by atoms with Crippen LogP contribution in [-0.2, 0) is 4.74 Å². The zero-order valence-corrected chi connectivity index (χ0v) is 25.2. The van der Waals surface area contributed by atoms with Gasteiger partial charge in [0.2, 0.25) is 0 Å². The number of H-pyrrole nitrogens is 1. The fourth-order valence-electron chi connectivity index (χ4n) is 7.47. The number of halogens is 4. The summed E-state index contributed by atoms with van der Waals surface area (Å²) in [7, 11) is 0. The first-order chi connectivity index (χ1) is 22.9. The van der Waals surface area contributed by atoms with Gasteiger partial charge >= 0.3 is 6.01 Å². The van der Waals surface area contributed by atoms with Gasteiger partial charge in [0.1, 0.15) is 35.6 Å². The van der Waals surface area contributed by atoms with Crippen molar-refractivity contribution >= 4 is 44.8 Å². The highest BCUT2D eigenvalue weighted by molar-refractivity contribution is 6.33. The second-order valence-electron chi connectivity index (χ2n) is 12.4. The molecule has 0 unspecified atom stereocenters. The summed E-state index contributed by atoms with van der Waals surface area (Å²) in [5.74, 6) is 0.909. The molecule has 5 atom stereocenters. The van der Waals surface area contributed by atoms with E-state index in [1.807, 2.05) is 0 Å². The zero-order chi connectivity index (χ0) is 33.7. The number of nitrogen functional groups attached to an aromatic ring is 1. The molecule has 4 aliphatic rings. The van der Waals surface area contributed by atoms with E-state index in [9.17, 15) is 9.18 Å². The Morgan fingerprint density at radius 3 is 2.96 bits per heavy atom. The molecule has 4 fully saturated rings. The summed E-state index contributed by atoms with van der Waals surface area (Å²) in [5.41, 5.74) is 3.97. The first kappa shape index (κ1) is 27.1. The molecule has 2 aromatic heterocycles. The average molecular weight is 653 g/mol. The number of nitrogens with one attached hydrogen (secondary N) is 1. The standard InChI is InChI=1S/C33H30ClF3N6O3/c1-2-19-22(34)5-4-16-10-18(38)11-20(23(16)19)27-26(37)28-24(31(44)39-27)30(43-8-9-45-14-21-25(36)29(21)43)41-32(40-28)46-15-33-6-3-7-42(33)13-17(35)12-33/h1,4-5,10-11,17,21,25,29H,3,6-9,12-15,38H2,(H,39,44)/t17-,21+,25+,29+,33+/m1/s1/i15D2. The summed E-state index contributed by atoms with van der Waals surface area (Å²) in [5, 5.41) is 0.860. The largest absolute Gasteiger partial charge is 0.461 e. The lowest BCUT2D eigenvalue weighted by molar-refractivity contribution is 0.107. The number of nitrogens with two attached hydrogens (primary N) is 1. The van der Waals surface area contributed by atoms with Crippen LogP contribution in [0.25, 0.3) is 32.9 Å². The van der Waals surface area contributed by atoms with Crippen LogP contribution in [0.15, 0.2) is 29.1 Å². The van der Waals surface area contributed by atoms with Crippen LogP contribution < -0.4 is 20.9 Å². The molecular weight excluding hydrogens is 621 g/mol. The number of rotatable bonds is 5. The van der Waals surface area contributed by atoms with E-state index in [-0.39, 0.29) is 71.5 Å². The molecule has 3 N–H and O–H groups in total. The van der Waals surface area contributed by atoms with Crippen LogP contribution in [-0.4, -0.2) is 83.2 Å². The highest BCUT2D eigenvalue weighted by Gasteiger charge is 2.56. The third-order valence-corrected chi connectivity index (χ3v) is 9.97. The molecule has 13 heteroatoms. The van der Waals surface area contributed by atoms with Gasteiger partial charge < -0.3 is 25.1 Å². The lowest BCUT2D eigenvalue weighted by Gasteiger charge is -2.31. The highest BCUT2D eigenvalue weighted by atomic mass is 35.5. The number of anilines is 2. The van der Waals surface area contributed by atoms with Crippen LogP contribution in [0.4, 0.5) is 24.7 Å². The molecule has 0 spiro atoms. The number of pyridine rings is 1. The summed E-state index contributed by atoms with van der Waals surface area (Å²) in [6.45, 7) is -1.49. The molecular formula is C33H30ClF3N6O3. The van der Waals surface area contributed by atoms with Gasteiger partial charge in [0.15, 0.2) is 5.82 Å². The Morgan fingerprint density at radius 1 is 1.28 bits per heavy atom. The summed E-state index contributed by atoms with van der Waals surface area (Å²) in [4.78, 5) is 28.6. The Kier molecular flexibility index (Phi) is 6.34. The van der Waals surface area contributed by atoms with Crippen molar-refractivity contribution in [3.8, 4) is 29.6 Å². The number of aromatic amines is 1. The molecule has 8 rings (SSSR count). The zero-order valence-electron chi connectivity index (χ0n) is 26.5. The lowest BCUT2D eigenvalue weighted by atomic mass is 9.95. The second kappa shape index (κ2) is 10.8. The topological polar surface area (TPSA) is 110 Å². The minimum absolute atomic E-state index is 0.0621. The van der Waals surface area contributed by atoms with Crippen LogP contribution in [0, 0.1) is 24.1 Å². The van der Waals surface area contributed by atoms with Gasteiger partial charge in [-0.15, -0.1) is 6.42 Å². The fraction of sp³-hybridized carbons (Fsp3) is 0.424. The molecule has 3 aliphatic heterocycles. The second-order valence-corrected chi connectivity index (χ2v) is 12.8. The smallest absolute Gasteiger partial charge is 0.319 e. The van der Waals surface area contributed by atoms with E-state index in [1.165, 1.54) is 11.0 Å². The molecule has 9 nitrogen and oxygen atoms in total. The Bertz CT molecular complexity index is 2110. The van der Waals surface area contributed by atoms with Gasteiger partial charge in [-0.1, -0.05) is 23.6 Å². The number of alkyl halides is 2. The van der Waals surface area contributed by atoms with Gasteiger partial charge in [0, 0.05) is 42.1 Å². The van der Waals surface area contributed by atoms with Crippen LogP contribution in [0.2, 0.25) is 5.02 Å². The van der Waals surface area contributed by atoms with Crippen molar-refractivity contribution in [2.45, 2.75) is 43.2 Å². The van der Waals surface area contributed by atoms with Gasteiger partial charge in [0.25, 0.3) is 5.56 Å². The van der Waals surface area contributed by atoms with Crippen molar-refractivity contribution < 1.29 is 25.4 Å². The molecule has 2 aromatic carbocycles. The molecule has 0 amide bonds. The summed E-state index contributed by atoms with van der Waals surface area (Å²) >= 11 is 6.42. The molecule has 1 saturated carbocycles. The van der Waals surface area contributed by atoms with E-state index in [1.54, 1.807) is 23.1 Å². The van der Waals surface area contributed by atoms with Gasteiger partial charge in [0.05, 0.1) is 43.8 Å². The number of hydrogen-bond donors (Lipinski definition) is 2. The summed E-state index contributed by atoms with van der Waals surface area (Å²) in [6.07, 6.45) is 4.13. The lowest BCUT2D eigenvalue weighted by Crippen LogP contribution is -2.43. The predicted octanol–water partition coefficient (Wildman–Crippen LogP) is 4.62. The van der Waals surface area contributed by atoms with Crippen molar-refractivity contribution in [3.63, 3.8) is 0 Å². The maximum Gasteiger partial charge on any atom is 0.319 e. The number of nitrogens with zero attached hydrogens (tertiary/aromatic N) is 4. The number of benzene rings is 2. The molecule has 3 saturated heterocycles. The van der Waals surface area contributed by atoms with Crippen LogP contribution >= 0.6 is 11.6 Å². The number of hydrogen-bond acceptors (Lipinski definition) is 8. The maximum atomic E-state index is 17.0. The first-order valence-electron chi connectivity index (χ1n) is 16.1. The quantitative estimate of drug-likeness (QED) is 0.238. The van der Waals surface area contributed by atoms with Gasteiger partial charge in [-0.05, 0) is 43.0 Å². The molecule has 0 radical (unpaired) electrons. The molecule has 4 aromatic rings. The normalized spacial score (nSPS) is 28.4. The maximum absolute atomic E-state index is 17.0. The van der Waals surface area contributed by atoms with Crippen LogP contribution in [0.5, 0.6) is 6.01 Å². The first-order valence-corrected chi connectivity index (χ1v) is 15.5. The third-order valence-electron chi connectivity index (χ3n) is 9.65. The fourth-order valence-corrected chi connectivity index (χ4v) is 7.69. The number of aromatic nitrogens is 3. The SMILES string of the molecule is [2H]C([2H])(Oc1nc(N2CCOC[C@H]3[C@H](F)[C@H]32)c2c(=O)[nH]c(-c3cc(N)cc4ccc(Cl)c(C#C)c34)c(F)c2n1)[C@@]12CCCN1C[C@H](F)C2. The van der Waals surface area contributed by atoms with Crippen molar-refractivity contribution in [1.82, 2.24) is 19.9 Å². The van der Waals surface area contributed by atoms with E-state index in [0.717, 1.165) is 0 Å². The van der Waals surface area contributed by atoms with E-state index >= 15 is 8.78 Å². The van der Waals surface area contributed by atoms with E-state index in [0.29, 0.717) is 30.2 Å². The Morgan fingerprint density at radius 2 is 2.13 bits per heavy atom. The number of terminal acetylenes is 1. The monoisotopic (exact) mass is 652 g/mol. The van der Waals surface area contributed by atoms with Crippen molar-refractivity contribution in [2.24, 2.45) is 5.92 Å². The Hall–Kier alpha value is -4.05. The predicted molar refractivity (Wildman–Crippen MR) is 169 cm³/mol. The minimum atomic E-state index is -2.51. The molecule has 1 aliphatic carbocycles. The highest BCUT2D eigenvalue weighted by Crippen LogP contribution is 2.45. The molecule has 5 heterocycles. The molecule has 46 heavy (non-hydrogen) atoms. The number of ether oxygens (including phenoxy) is 2. The van der Waals surface area contributed by atoms with Crippen molar-refractivity contribution in [2.75, 3.05) is 50.0 Å². The third kappa shape index (κ3) is 4.51. The number of fused-ring (bicyclic) bond motifs is 4. The van der Waals surface area contributed by atoms with E-state index in [2.05, 4.69) is 20.9 Å². The van der Waals surface area contributed by atoms with E-state index < -0.39 is 59.3 Å². The van der Waals surface area contributed by atoms with E-state index in [4.69, 9.17) is 36.0 Å². The Labute approximate surface area is 269 Å². The van der Waals surface area contributed by atoms with Gasteiger partial charge in [-0.25, -0.2) is 13.2 Å². The van der Waals surface area contributed by atoms with Gasteiger partial charge in [-0.3, -0.25) is 9.69 Å². The summed E-state index contributed by atoms with van der Waals surface area (Å²) in [6, 6.07) is 5.06. The van der Waals surface area contributed by atoms with Crippen LogP contribution in [0.3, 0.4) is 0 Å². The summed E-state index contributed by atoms with van der Waals surface area (Å²) < 4.78 is 76.2. The minimum Gasteiger partial charge on any atom is -0.461 e. The average Bonchev–Trinajstić information content (AvgIpc) is 3.40. The van der Waals surface area contributed by atoms with Crippen molar-refractivity contribution in [1.29, 1.82) is 0 Å². The van der Waals surface area contributed by atoms with Crippen molar-refractivity contribution in [3.05, 3.63) is 51.0 Å². The molecule has 238 valence electrons. The van der Waals surface area contributed by atoms with Gasteiger partial charge in [-0.2, -0.15) is 9.97 Å². The van der Waals surface area contributed by atoms with Crippen LogP contribution in [0.1, 0.15) is 27.6 Å². The molecule has 0 bridgehead atoms.